The van der Waals surface area contributed by atoms with Gasteiger partial charge in [0, 0.05) is 6.20 Å². The summed E-state index contributed by atoms with van der Waals surface area (Å²) in [4.78, 5) is 11.9. The molecule has 88 valence electrons. The number of ether oxygens (including phenoxy) is 1. The van der Waals surface area contributed by atoms with Gasteiger partial charge in [-0.1, -0.05) is 12.1 Å². The van der Waals surface area contributed by atoms with E-state index in [0.29, 0.717) is 17.1 Å². The summed E-state index contributed by atoms with van der Waals surface area (Å²) in [5, 5.41) is 0. The minimum Gasteiger partial charge on any atom is -0.495 e. The minimum absolute atomic E-state index is 0.107. The number of methoxy groups -OCH3 is 1. The van der Waals surface area contributed by atoms with Crippen molar-refractivity contribution in [2.45, 2.75) is 0 Å². The smallest absolute Gasteiger partial charge is 0.278 e. The molecule has 2 aromatic rings. The third-order valence-electron chi connectivity index (χ3n) is 2.41. The van der Waals surface area contributed by atoms with Crippen molar-refractivity contribution in [1.29, 1.82) is 0 Å². The van der Waals surface area contributed by atoms with E-state index in [2.05, 4.69) is 0 Å². The van der Waals surface area contributed by atoms with Crippen molar-refractivity contribution in [3.63, 3.8) is 0 Å². The van der Waals surface area contributed by atoms with E-state index in [1.807, 2.05) is 12.1 Å². The normalized spacial score (nSPS) is 10.2. The molecular weight excluding hydrogens is 218 g/mol. The number of nitrogens with two attached hydrogens (primary N) is 2. The maximum absolute atomic E-state index is 11.9. The highest BCUT2D eigenvalue weighted by Crippen LogP contribution is 2.21. The Morgan fingerprint density at radius 2 is 1.94 bits per heavy atom. The maximum Gasteiger partial charge on any atom is 0.278 e. The Hall–Kier alpha value is -2.43. The second-order valence-corrected chi connectivity index (χ2v) is 3.58. The van der Waals surface area contributed by atoms with Crippen molar-refractivity contribution in [2.24, 2.45) is 0 Å². The number of nitrogen functional groups attached to an aromatic ring is 2. The average Bonchev–Trinajstić information content (AvgIpc) is 2.33. The SMILES string of the molecule is COc1ccccc1-n1cc(N)cc(N)c1=O. The molecule has 5 heteroatoms. The molecule has 0 aliphatic carbocycles. The van der Waals surface area contributed by atoms with E-state index in [4.69, 9.17) is 16.2 Å². The number of hydrogen-bond donors (Lipinski definition) is 2. The topological polar surface area (TPSA) is 83.3 Å². The molecule has 1 aromatic carbocycles. The largest absolute Gasteiger partial charge is 0.495 e. The van der Waals surface area contributed by atoms with Gasteiger partial charge in [0.05, 0.1) is 18.5 Å². The summed E-state index contributed by atoms with van der Waals surface area (Å²) in [7, 11) is 1.54. The van der Waals surface area contributed by atoms with Gasteiger partial charge < -0.3 is 16.2 Å². The van der Waals surface area contributed by atoms with Crippen molar-refractivity contribution >= 4 is 11.4 Å². The molecule has 0 bridgehead atoms. The van der Waals surface area contributed by atoms with Gasteiger partial charge in [0.15, 0.2) is 0 Å². The Bertz CT molecular complexity index is 605. The van der Waals surface area contributed by atoms with Crippen LogP contribution in [0.1, 0.15) is 0 Å². The fourth-order valence-corrected chi connectivity index (χ4v) is 1.63. The zero-order valence-corrected chi connectivity index (χ0v) is 9.38. The van der Waals surface area contributed by atoms with Crippen molar-refractivity contribution in [1.82, 2.24) is 4.57 Å². The third kappa shape index (κ3) is 1.94. The third-order valence-corrected chi connectivity index (χ3v) is 2.41. The van der Waals surface area contributed by atoms with E-state index in [-0.39, 0.29) is 11.2 Å². The standard InChI is InChI=1S/C12H13N3O2/c1-17-11-5-3-2-4-10(11)15-7-8(13)6-9(14)12(15)16/h2-7H,13-14H2,1H3. The number of nitrogens with zero attached hydrogens (tertiary/aromatic N) is 1. The summed E-state index contributed by atoms with van der Waals surface area (Å²) in [6, 6.07) is 8.60. The van der Waals surface area contributed by atoms with Gasteiger partial charge >= 0.3 is 0 Å². The fraction of sp³-hybridized carbons (Fsp3) is 0.0833. The molecule has 0 unspecified atom stereocenters. The molecule has 0 radical (unpaired) electrons. The molecule has 0 spiro atoms. The lowest BCUT2D eigenvalue weighted by atomic mass is 10.2. The summed E-state index contributed by atoms with van der Waals surface area (Å²) in [6.07, 6.45) is 1.52. The molecule has 0 aliphatic heterocycles. The highest BCUT2D eigenvalue weighted by atomic mass is 16.5. The van der Waals surface area contributed by atoms with Crippen molar-refractivity contribution in [3.05, 3.63) is 46.9 Å². The van der Waals surface area contributed by atoms with Crippen LogP contribution in [0.4, 0.5) is 11.4 Å². The molecule has 1 heterocycles. The lowest BCUT2D eigenvalue weighted by molar-refractivity contribution is 0.412. The molecule has 0 atom stereocenters. The van der Waals surface area contributed by atoms with Crippen LogP contribution in [-0.2, 0) is 0 Å². The van der Waals surface area contributed by atoms with Crippen LogP contribution >= 0.6 is 0 Å². The number of para-hydroxylation sites is 2. The van der Waals surface area contributed by atoms with Gasteiger partial charge in [-0.25, -0.2) is 0 Å². The summed E-state index contributed by atoms with van der Waals surface area (Å²) in [6.45, 7) is 0. The van der Waals surface area contributed by atoms with Crippen LogP contribution in [-0.4, -0.2) is 11.7 Å². The molecule has 0 saturated heterocycles. The van der Waals surface area contributed by atoms with E-state index >= 15 is 0 Å². The molecule has 0 fully saturated rings. The van der Waals surface area contributed by atoms with Gasteiger partial charge in [-0.3, -0.25) is 9.36 Å². The highest BCUT2D eigenvalue weighted by Gasteiger charge is 2.08. The highest BCUT2D eigenvalue weighted by molar-refractivity contribution is 5.54. The van der Waals surface area contributed by atoms with Crippen molar-refractivity contribution in [2.75, 3.05) is 18.6 Å². The number of pyridine rings is 1. The van der Waals surface area contributed by atoms with Crippen LogP contribution in [0, 0.1) is 0 Å². The second-order valence-electron chi connectivity index (χ2n) is 3.58. The number of anilines is 2. The first kappa shape index (κ1) is 11.1. The number of rotatable bonds is 2. The van der Waals surface area contributed by atoms with Gasteiger partial charge in [0.1, 0.15) is 11.4 Å². The van der Waals surface area contributed by atoms with Gasteiger partial charge in [0.2, 0.25) is 0 Å². The van der Waals surface area contributed by atoms with Crippen LogP contribution in [0.5, 0.6) is 5.75 Å². The molecule has 0 amide bonds. The summed E-state index contributed by atoms with van der Waals surface area (Å²) in [5.74, 6) is 0.583. The summed E-state index contributed by atoms with van der Waals surface area (Å²) >= 11 is 0. The molecule has 4 N–H and O–H groups in total. The van der Waals surface area contributed by atoms with Crippen LogP contribution in [0.15, 0.2) is 41.3 Å². The quantitative estimate of drug-likeness (QED) is 0.808. The van der Waals surface area contributed by atoms with Gasteiger partial charge in [-0.05, 0) is 18.2 Å². The van der Waals surface area contributed by atoms with Crippen LogP contribution in [0.2, 0.25) is 0 Å². The average molecular weight is 231 g/mol. The lowest BCUT2D eigenvalue weighted by Gasteiger charge is -2.11. The van der Waals surface area contributed by atoms with Crippen LogP contribution in [0.25, 0.3) is 5.69 Å². The number of aromatic nitrogens is 1. The van der Waals surface area contributed by atoms with E-state index in [1.54, 1.807) is 19.2 Å². The fourth-order valence-electron chi connectivity index (χ4n) is 1.63. The Morgan fingerprint density at radius 1 is 1.24 bits per heavy atom. The maximum atomic E-state index is 11.9. The zero-order valence-electron chi connectivity index (χ0n) is 9.38. The molecule has 2 rings (SSSR count). The van der Waals surface area contributed by atoms with E-state index < -0.39 is 0 Å². The summed E-state index contributed by atoms with van der Waals surface area (Å²) in [5.41, 5.74) is 12.1. The first-order chi connectivity index (χ1) is 8.13. The molecule has 0 saturated carbocycles. The summed E-state index contributed by atoms with van der Waals surface area (Å²) < 4.78 is 6.57. The van der Waals surface area contributed by atoms with Crippen LogP contribution in [0.3, 0.4) is 0 Å². The van der Waals surface area contributed by atoms with E-state index in [9.17, 15) is 4.79 Å². The second kappa shape index (κ2) is 4.21. The van der Waals surface area contributed by atoms with E-state index in [0.717, 1.165) is 0 Å². The number of hydrogen-bond acceptors (Lipinski definition) is 4. The number of benzene rings is 1. The lowest BCUT2D eigenvalue weighted by Crippen LogP contribution is -2.21. The van der Waals surface area contributed by atoms with Crippen LogP contribution < -0.4 is 21.8 Å². The first-order valence-electron chi connectivity index (χ1n) is 5.04. The molecule has 1 aromatic heterocycles. The zero-order chi connectivity index (χ0) is 12.4. The van der Waals surface area contributed by atoms with Gasteiger partial charge in [-0.15, -0.1) is 0 Å². The van der Waals surface area contributed by atoms with E-state index in [1.165, 1.54) is 16.8 Å². The molecule has 17 heavy (non-hydrogen) atoms. The predicted octanol–water partition coefficient (Wildman–Crippen LogP) is 1.01. The Morgan fingerprint density at radius 3 is 2.65 bits per heavy atom. The molecule has 0 aliphatic rings. The predicted molar refractivity (Wildman–Crippen MR) is 67.4 cm³/mol. The monoisotopic (exact) mass is 231 g/mol. The Labute approximate surface area is 98.2 Å². The minimum atomic E-state index is -0.316. The molecular formula is C12H13N3O2. The van der Waals surface area contributed by atoms with Gasteiger partial charge in [-0.2, -0.15) is 0 Å². The van der Waals surface area contributed by atoms with Gasteiger partial charge in [0.25, 0.3) is 5.56 Å². The Balaban J connectivity index is 2.72. The molecule has 5 nitrogen and oxygen atoms in total. The van der Waals surface area contributed by atoms with Crippen molar-refractivity contribution < 1.29 is 4.74 Å². The van der Waals surface area contributed by atoms with Crippen molar-refractivity contribution in [3.8, 4) is 11.4 Å². The first-order valence-corrected chi connectivity index (χ1v) is 5.04. The Kier molecular flexibility index (Phi) is 2.74.